The van der Waals surface area contributed by atoms with Gasteiger partial charge in [0.25, 0.3) is 0 Å². The second kappa shape index (κ2) is 59.0. The van der Waals surface area contributed by atoms with E-state index in [1.165, 1.54) is 295 Å². The summed E-state index contributed by atoms with van der Waals surface area (Å²) in [5, 5.41) is 9.65. The van der Waals surface area contributed by atoms with Crippen LogP contribution in [0.2, 0.25) is 0 Å². The molecule has 1 unspecified atom stereocenters. The highest BCUT2D eigenvalue weighted by atomic mass is 16.6. The van der Waals surface area contributed by atoms with Gasteiger partial charge in [0.05, 0.1) is 6.61 Å². The van der Waals surface area contributed by atoms with Gasteiger partial charge in [-0.05, 0) is 38.5 Å². The number of hydrogen-bond donors (Lipinski definition) is 1. The summed E-state index contributed by atoms with van der Waals surface area (Å²) in [5.74, 6) is -0.571. The van der Waals surface area contributed by atoms with Gasteiger partial charge in [0.15, 0.2) is 6.10 Å². The number of esters is 2. The molecule has 0 aliphatic carbocycles. The highest BCUT2D eigenvalue weighted by Crippen LogP contribution is 2.18. The summed E-state index contributed by atoms with van der Waals surface area (Å²) < 4.78 is 10.7. The Bertz CT molecular complexity index is 979. The molecule has 0 bridgehead atoms. The van der Waals surface area contributed by atoms with Gasteiger partial charge in [-0.1, -0.05) is 315 Å². The van der Waals surface area contributed by atoms with E-state index in [0.29, 0.717) is 12.8 Å². The van der Waals surface area contributed by atoms with Crippen molar-refractivity contribution >= 4 is 11.9 Å². The van der Waals surface area contributed by atoms with E-state index >= 15 is 0 Å². The normalized spacial score (nSPS) is 12.1. The van der Waals surface area contributed by atoms with E-state index in [1.807, 2.05) is 0 Å². The molecule has 1 atom stereocenters. The van der Waals surface area contributed by atoms with Crippen LogP contribution in [0.3, 0.4) is 0 Å². The van der Waals surface area contributed by atoms with Gasteiger partial charge in [0.1, 0.15) is 6.61 Å². The Morgan fingerprint density at radius 2 is 0.552 bits per heavy atom. The molecule has 0 heterocycles. The number of carbonyl (C=O) groups excluding carboxylic acids is 2. The van der Waals surface area contributed by atoms with Crippen molar-refractivity contribution in [1.82, 2.24) is 0 Å². The Morgan fingerprint density at radius 3 is 0.806 bits per heavy atom. The van der Waals surface area contributed by atoms with Crippen LogP contribution in [0.4, 0.5) is 0 Å². The summed E-state index contributed by atoms with van der Waals surface area (Å²) in [4.78, 5) is 24.5. The topological polar surface area (TPSA) is 72.8 Å². The van der Waals surface area contributed by atoms with Gasteiger partial charge in [-0.3, -0.25) is 9.59 Å². The Balaban J connectivity index is 3.36. The molecule has 67 heavy (non-hydrogen) atoms. The van der Waals surface area contributed by atoms with Crippen molar-refractivity contribution in [3.63, 3.8) is 0 Å². The fourth-order valence-corrected chi connectivity index (χ4v) is 9.67. The molecule has 0 radical (unpaired) electrons. The third-order valence-electron chi connectivity index (χ3n) is 14.3. The van der Waals surface area contributed by atoms with Crippen molar-refractivity contribution in [1.29, 1.82) is 0 Å². The zero-order chi connectivity index (χ0) is 48.5. The average molecular weight is 946 g/mol. The molecule has 0 aromatic rings. The largest absolute Gasteiger partial charge is 0.462 e. The molecule has 0 aromatic heterocycles. The minimum Gasteiger partial charge on any atom is -0.462 e. The fraction of sp³-hybridized carbons (Fsp3) is 0.935. The van der Waals surface area contributed by atoms with Crippen LogP contribution in [0, 0.1) is 0 Å². The molecule has 0 amide bonds. The monoisotopic (exact) mass is 945 g/mol. The molecule has 0 rings (SSSR count). The summed E-state index contributed by atoms with van der Waals surface area (Å²) in [6.45, 7) is 4.19. The number of unbranched alkanes of at least 4 members (excludes halogenated alkanes) is 48. The number of ether oxygens (including phenoxy) is 2. The van der Waals surface area contributed by atoms with E-state index in [9.17, 15) is 14.7 Å². The van der Waals surface area contributed by atoms with E-state index in [4.69, 9.17) is 9.47 Å². The van der Waals surface area contributed by atoms with Crippen LogP contribution in [-0.2, 0) is 19.1 Å². The standard InChI is InChI=1S/C62H120O5/c1-3-5-7-9-11-13-15-17-19-21-23-24-25-26-27-28-29-30-31-32-33-34-35-36-37-39-40-42-44-46-48-50-52-54-56-61(64)66-59-60(58-63)67-62(65)57-55-53-51-49-47-45-43-41-38-22-20-18-16-14-12-10-8-6-4-2/h18,20,60,63H,3-17,19,21-59H2,1-2H3/b20-18-. The summed E-state index contributed by atoms with van der Waals surface area (Å²) >= 11 is 0. The molecular formula is C62H120O5. The van der Waals surface area contributed by atoms with Crippen molar-refractivity contribution in [2.45, 2.75) is 360 Å². The Morgan fingerprint density at radius 1 is 0.328 bits per heavy atom. The maximum Gasteiger partial charge on any atom is 0.306 e. The van der Waals surface area contributed by atoms with E-state index < -0.39 is 6.10 Å². The third kappa shape index (κ3) is 57.1. The van der Waals surface area contributed by atoms with E-state index in [-0.39, 0.29) is 25.2 Å². The van der Waals surface area contributed by atoms with E-state index in [0.717, 1.165) is 32.1 Å². The zero-order valence-electron chi connectivity index (χ0n) is 45.7. The first kappa shape index (κ1) is 65.6. The molecule has 0 saturated carbocycles. The summed E-state index contributed by atoms with van der Waals surface area (Å²) in [7, 11) is 0. The van der Waals surface area contributed by atoms with Crippen LogP contribution in [0.5, 0.6) is 0 Å². The molecular weight excluding hydrogens is 825 g/mol. The minimum absolute atomic E-state index is 0.0593. The zero-order valence-corrected chi connectivity index (χ0v) is 45.7. The highest BCUT2D eigenvalue weighted by molar-refractivity contribution is 5.70. The van der Waals surface area contributed by atoms with E-state index in [2.05, 4.69) is 26.0 Å². The summed E-state index contributed by atoms with van der Waals surface area (Å²) in [6, 6.07) is 0. The lowest BCUT2D eigenvalue weighted by Gasteiger charge is -2.15. The maximum atomic E-state index is 12.3. The van der Waals surface area contributed by atoms with Crippen molar-refractivity contribution in [3.05, 3.63) is 12.2 Å². The van der Waals surface area contributed by atoms with Gasteiger partial charge in [0.2, 0.25) is 0 Å². The predicted octanol–water partition coefficient (Wildman–Crippen LogP) is 20.7. The Labute approximate surface area is 420 Å². The van der Waals surface area contributed by atoms with Crippen molar-refractivity contribution in [2.75, 3.05) is 13.2 Å². The van der Waals surface area contributed by atoms with Crippen LogP contribution in [0.15, 0.2) is 12.2 Å². The van der Waals surface area contributed by atoms with Crippen LogP contribution in [0.1, 0.15) is 354 Å². The first-order valence-corrected chi connectivity index (χ1v) is 30.7. The molecule has 1 N–H and O–H groups in total. The van der Waals surface area contributed by atoms with Gasteiger partial charge >= 0.3 is 11.9 Å². The molecule has 398 valence electrons. The molecule has 5 nitrogen and oxygen atoms in total. The quantitative estimate of drug-likeness (QED) is 0.0374. The van der Waals surface area contributed by atoms with Gasteiger partial charge in [0, 0.05) is 12.8 Å². The molecule has 0 aliphatic heterocycles. The Hall–Kier alpha value is -1.36. The van der Waals surface area contributed by atoms with Gasteiger partial charge in [-0.2, -0.15) is 0 Å². The average Bonchev–Trinajstić information content (AvgIpc) is 3.33. The number of aliphatic hydroxyl groups is 1. The number of aliphatic hydroxyl groups excluding tert-OH is 1. The lowest BCUT2D eigenvalue weighted by atomic mass is 10.0. The van der Waals surface area contributed by atoms with Crippen molar-refractivity contribution < 1.29 is 24.2 Å². The fourth-order valence-electron chi connectivity index (χ4n) is 9.67. The van der Waals surface area contributed by atoms with Crippen molar-refractivity contribution in [2.24, 2.45) is 0 Å². The van der Waals surface area contributed by atoms with Crippen LogP contribution in [0.25, 0.3) is 0 Å². The van der Waals surface area contributed by atoms with Gasteiger partial charge < -0.3 is 14.6 Å². The number of carbonyl (C=O) groups is 2. The lowest BCUT2D eigenvalue weighted by molar-refractivity contribution is -0.161. The maximum absolute atomic E-state index is 12.3. The number of rotatable bonds is 58. The van der Waals surface area contributed by atoms with Crippen LogP contribution < -0.4 is 0 Å². The smallest absolute Gasteiger partial charge is 0.306 e. The van der Waals surface area contributed by atoms with E-state index in [1.54, 1.807) is 0 Å². The minimum atomic E-state index is -0.768. The first-order valence-electron chi connectivity index (χ1n) is 30.7. The predicted molar refractivity (Wildman–Crippen MR) is 293 cm³/mol. The van der Waals surface area contributed by atoms with Gasteiger partial charge in [-0.15, -0.1) is 0 Å². The molecule has 0 saturated heterocycles. The molecule has 0 aliphatic rings. The molecule has 0 spiro atoms. The molecule has 5 heteroatoms. The third-order valence-corrected chi connectivity index (χ3v) is 14.3. The SMILES string of the molecule is CCCCCCCC/C=C\CCCCCCCCCCCC(=O)OC(CO)COC(=O)CCCCCCCCCCCCCCCCCCCCCCCCCCCCCCCCCCCC. The second-order valence-electron chi connectivity index (χ2n) is 21.1. The molecule has 0 aromatic carbocycles. The first-order chi connectivity index (χ1) is 33.1. The summed E-state index contributed by atoms with van der Waals surface area (Å²) in [5.41, 5.74) is 0. The number of allylic oxidation sites excluding steroid dienone is 2. The lowest BCUT2D eigenvalue weighted by Crippen LogP contribution is -2.28. The van der Waals surface area contributed by atoms with Crippen LogP contribution >= 0.6 is 0 Å². The number of hydrogen-bond acceptors (Lipinski definition) is 5. The summed E-state index contributed by atoms with van der Waals surface area (Å²) in [6.07, 6.45) is 73.6. The second-order valence-corrected chi connectivity index (χ2v) is 21.1. The van der Waals surface area contributed by atoms with Gasteiger partial charge in [-0.25, -0.2) is 0 Å². The Kier molecular flexibility index (Phi) is 57.8. The van der Waals surface area contributed by atoms with Crippen molar-refractivity contribution in [3.8, 4) is 0 Å². The van der Waals surface area contributed by atoms with Crippen LogP contribution in [-0.4, -0.2) is 36.4 Å². The molecule has 0 fully saturated rings. The highest BCUT2D eigenvalue weighted by Gasteiger charge is 2.16.